The van der Waals surface area contributed by atoms with Gasteiger partial charge in [-0.05, 0) is 75.8 Å². The van der Waals surface area contributed by atoms with Crippen LogP contribution in [0.2, 0.25) is 5.02 Å². The number of aromatic nitrogens is 1. The van der Waals surface area contributed by atoms with Crippen LogP contribution >= 0.6 is 11.6 Å². The third-order valence-corrected chi connectivity index (χ3v) is 13.6. The summed E-state index contributed by atoms with van der Waals surface area (Å²) in [5.74, 6) is -4.40. The second-order valence-electron chi connectivity index (χ2n) is 16.1. The molecule has 58 heavy (non-hydrogen) atoms. The zero-order valence-electron chi connectivity index (χ0n) is 32.6. The fraction of sp³-hybridized carbons (Fsp3) is 0.615. The highest BCUT2D eigenvalue weighted by Gasteiger charge is 2.62. The molecule has 318 valence electrons. The number of carboxylic acid groups (broad SMARTS) is 1. The van der Waals surface area contributed by atoms with Crippen LogP contribution in [0.5, 0.6) is 11.8 Å². The third-order valence-electron chi connectivity index (χ3n) is 11.5. The number of pyridine rings is 1. The van der Waals surface area contributed by atoms with E-state index in [1.807, 2.05) is 13.8 Å². The number of hydrogen-bond donors (Lipinski definition) is 3. The minimum absolute atomic E-state index is 0.0387. The van der Waals surface area contributed by atoms with Crippen molar-refractivity contribution in [1.82, 2.24) is 24.8 Å². The molecule has 4 amide bonds. The van der Waals surface area contributed by atoms with E-state index in [0.717, 1.165) is 4.90 Å². The van der Waals surface area contributed by atoms with E-state index in [-0.39, 0.29) is 48.4 Å². The lowest BCUT2D eigenvalue weighted by molar-refractivity contribution is -0.184. The first-order chi connectivity index (χ1) is 27.3. The number of benzene rings is 1. The summed E-state index contributed by atoms with van der Waals surface area (Å²) < 4.78 is 83.1. The standard InChI is InChI=1S/C39H49ClF3N5O9S/c1-5-15-56-31-18-28-27(11-8-12-29(28)40)34(44-31)57-25-17-30-33(49)45-38(36(51)46-58(54,55)26-13-14-26)19-24(38)10-7-6-9-21(2)16-22(3)32(35(50)47(30)20-25)48(37(52)53)23(4)39(41,42)43/h7-8,10-12,18,21-26,30,32H,5-6,9,13-17,19-20H2,1-4H3,(H,45,49)(H,46,51)(H,52,53)/t21-,22-,23-,24-,25-,30+,32+,38-/m1/s1. The Morgan fingerprint density at radius 3 is 2.55 bits per heavy atom. The molecular weight excluding hydrogens is 807 g/mol. The van der Waals surface area contributed by atoms with Gasteiger partial charge in [-0.1, -0.05) is 50.6 Å². The van der Waals surface area contributed by atoms with Crippen LogP contribution in [0.15, 0.2) is 36.4 Å². The van der Waals surface area contributed by atoms with Gasteiger partial charge >= 0.3 is 12.3 Å². The first kappa shape index (κ1) is 43.3. The SMILES string of the molecule is CCCOc1cc2c(Cl)cccc2c(O[C@@H]2C[C@H]3C(=O)N[C@]4(C(=O)NS(=O)(=O)C5CC5)C[C@H]4C=CCC[C@@H](C)C[C@@H](C)[C@H](N(C(=O)O)[C@H](C)C(F)(F)F)C(=O)N3C2)n1. The number of sulfonamides is 1. The Balaban J connectivity index is 1.42. The molecule has 1 aromatic carbocycles. The van der Waals surface area contributed by atoms with E-state index in [0.29, 0.717) is 61.4 Å². The molecule has 3 N–H and O–H groups in total. The first-order valence-corrected chi connectivity index (χ1v) is 21.5. The molecule has 1 saturated heterocycles. The molecule has 1 aromatic heterocycles. The number of ether oxygens (including phenoxy) is 2. The van der Waals surface area contributed by atoms with Crippen molar-refractivity contribution >= 4 is 56.2 Å². The van der Waals surface area contributed by atoms with Crippen molar-refractivity contribution in [2.24, 2.45) is 17.8 Å². The summed E-state index contributed by atoms with van der Waals surface area (Å²) in [5, 5.41) is 13.7. The maximum absolute atomic E-state index is 14.9. The van der Waals surface area contributed by atoms with Gasteiger partial charge in [0.25, 0.3) is 5.91 Å². The van der Waals surface area contributed by atoms with Gasteiger partial charge in [0.1, 0.15) is 29.8 Å². The molecule has 2 aliphatic heterocycles. The lowest BCUT2D eigenvalue weighted by Crippen LogP contribution is -2.62. The van der Waals surface area contributed by atoms with Crippen LogP contribution in [0.4, 0.5) is 18.0 Å². The molecule has 4 aliphatic rings. The van der Waals surface area contributed by atoms with Gasteiger partial charge in [0, 0.05) is 34.2 Å². The Labute approximate surface area is 339 Å². The highest BCUT2D eigenvalue weighted by atomic mass is 35.5. The van der Waals surface area contributed by atoms with Gasteiger partial charge in [-0.25, -0.2) is 13.2 Å². The molecule has 6 rings (SSSR count). The third kappa shape index (κ3) is 9.11. The van der Waals surface area contributed by atoms with Gasteiger partial charge in [-0.3, -0.25) is 24.0 Å². The molecule has 19 heteroatoms. The predicted molar refractivity (Wildman–Crippen MR) is 207 cm³/mol. The highest BCUT2D eigenvalue weighted by molar-refractivity contribution is 7.91. The van der Waals surface area contributed by atoms with Gasteiger partial charge in [0.05, 0.1) is 18.4 Å². The fourth-order valence-electron chi connectivity index (χ4n) is 8.07. The van der Waals surface area contributed by atoms with E-state index in [1.54, 1.807) is 36.4 Å². The number of nitrogens with zero attached hydrogens (tertiary/aromatic N) is 3. The van der Waals surface area contributed by atoms with E-state index in [4.69, 9.17) is 21.1 Å². The molecule has 14 nitrogen and oxygen atoms in total. The van der Waals surface area contributed by atoms with Crippen molar-refractivity contribution in [3.63, 3.8) is 0 Å². The number of carbonyl (C=O) groups is 4. The van der Waals surface area contributed by atoms with E-state index >= 15 is 0 Å². The quantitative estimate of drug-likeness (QED) is 0.246. The number of hydrogen-bond acceptors (Lipinski definition) is 9. The van der Waals surface area contributed by atoms with Gasteiger partial charge in [0.2, 0.25) is 33.6 Å². The smallest absolute Gasteiger partial charge is 0.408 e. The number of halogens is 4. The summed E-state index contributed by atoms with van der Waals surface area (Å²) in [7, 11) is -4.03. The van der Waals surface area contributed by atoms with Crippen LogP contribution in [0.1, 0.15) is 79.1 Å². The van der Waals surface area contributed by atoms with Crippen molar-refractivity contribution < 1.29 is 55.3 Å². The number of allylic oxidation sites excluding steroid dienone is 1. The summed E-state index contributed by atoms with van der Waals surface area (Å²) in [5.41, 5.74) is -1.71. The molecule has 2 aliphatic carbocycles. The number of amides is 4. The van der Waals surface area contributed by atoms with Gasteiger partial charge in [-0.15, -0.1) is 0 Å². The minimum atomic E-state index is -5.04. The number of fused-ring (bicyclic) bond motifs is 3. The molecule has 2 saturated carbocycles. The summed E-state index contributed by atoms with van der Waals surface area (Å²) >= 11 is 6.53. The maximum Gasteiger partial charge on any atom is 0.408 e. The second kappa shape index (κ2) is 16.7. The highest BCUT2D eigenvalue weighted by Crippen LogP contribution is 2.46. The van der Waals surface area contributed by atoms with Crippen LogP contribution in [0.3, 0.4) is 0 Å². The predicted octanol–water partition coefficient (Wildman–Crippen LogP) is 5.82. The fourth-order valence-corrected chi connectivity index (χ4v) is 9.66. The van der Waals surface area contributed by atoms with Crippen molar-refractivity contribution in [2.75, 3.05) is 13.2 Å². The molecule has 3 fully saturated rings. The molecule has 0 bridgehead atoms. The minimum Gasteiger partial charge on any atom is -0.478 e. The second-order valence-corrected chi connectivity index (χ2v) is 18.4. The topological polar surface area (TPSA) is 185 Å². The molecule has 8 atom stereocenters. The zero-order chi connectivity index (χ0) is 42.3. The van der Waals surface area contributed by atoms with E-state index in [9.17, 15) is 45.9 Å². The Hall–Kier alpha value is -4.32. The maximum atomic E-state index is 14.9. The Morgan fingerprint density at radius 1 is 1.17 bits per heavy atom. The Morgan fingerprint density at radius 2 is 1.90 bits per heavy atom. The molecule has 0 spiro atoms. The molecular formula is C39H49ClF3N5O9S. The lowest BCUT2D eigenvalue weighted by Gasteiger charge is -2.40. The van der Waals surface area contributed by atoms with Crippen molar-refractivity contribution in [3.05, 3.63) is 41.4 Å². The van der Waals surface area contributed by atoms with Crippen molar-refractivity contribution in [3.8, 4) is 11.8 Å². The first-order valence-electron chi connectivity index (χ1n) is 19.6. The van der Waals surface area contributed by atoms with Crippen LogP contribution in [0, 0.1) is 17.8 Å². The Kier molecular flexibility index (Phi) is 12.5. The summed E-state index contributed by atoms with van der Waals surface area (Å²) in [6, 6.07) is 0.695. The van der Waals surface area contributed by atoms with Gasteiger partial charge < -0.3 is 24.8 Å². The van der Waals surface area contributed by atoms with Crippen molar-refractivity contribution in [2.45, 2.75) is 120 Å². The van der Waals surface area contributed by atoms with Crippen LogP contribution in [-0.2, 0) is 24.4 Å². The average Bonchev–Trinajstić information content (AvgIpc) is 4.07. The molecule has 0 radical (unpaired) electrons. The zero-order valence-corrected chi connectivity index (χ0v) is 34.2. The average molecular weight is 856 g/mol. The van der Waals surface area contributed by atoms with Crippen LogP contribution in [0.25, 0.3) is 10.8 Å². The van der Waals surface area contributed by atoms with Gasteiger partial charge in [-0.2, -0.15) is 18.2 Å². The van der Waals surface area contributed by atoms with E-state index < -0.39 is 86.9 Å². The number of carbonyl (C=O) groups excluding carboxylic acids is 3. The molecule has 2 aromatic rings. The number of alkyl halides is 3. The monoisotopic (exact) mass is 855 g/mol. The normalized spacial score (nSPS) is 28.7. The summed E-state index contributed by atoms with van der Waals surface area (Å²) in [4.78, 5) is 61.6. The molecule has 3 heterocycles. The number of rotatable bonds is 10. The van der Waals surface area contributed by atoms with E-state index in [2.05, 4.69) is 15.0 Å². The van der Waals surface area contributed by atoms with Gasteiger partial charge in [0.15, 0.2) is 0 Å². The summed E-state index contributed by atoms with van der Waals surface area (Å²) in [6.07, 6.45) is -2.15. The van der Waals surface area contributed by atoms with Crippen LogP contribution in [-0.4, -0.2) is 106 Å². The Bertz CT molecular complexity index is 2070. The lowest BCUT2D eigenvalue weighted by atomic mass is 9.86. The van der Waals surface area contributed by atoms with Crippen LogP contribution < -0.4 is 19.5 Å². The number of nitrogens with one attached hydrogen (secondary N) is 2. The molecule has 0 unspecified atom stereocenters. The largest absolute Gasteiger partial charge is 0.478 e. The summed E-state index contributed by atoms with van der Waals surface area (Å²) in [6.45, 7) is 5.86. The van der Waals surface area contributed by atoms with Crippen molar-refractivity contribution in [1.29, 1.82) is 0 Å². The van der Waals surface area contributed by atoms with E-state index in [1.165, 1.54) is 6.92 Å².